The van der Waals surface area contributed by atoms with Crippen LogP contribution < -0.4 is 10.1 Å². The van der Waals surface area contributed by atoms with E-state index >= 15 is 0 Å². The van der Waals surface area contributed by atoms with E-state index in [1.807, 2.05) is 12.1 Å². The lowest BCUT2D eigenvalue weighted by Gasteiger charge is -2.17. The number of para-hydroxylation sites is 1. The SMILES string of the molecule is COc1ccc(/C2=C/CNCCc3c2n(C)c2ccccc32)cc1. The number of methoxy groups -OCH3 is 1. The minimum Gasteiger partial charge on any atom is -0.497 e. The van der Waals surface area contributed by atoms with E-state index in [1.165, 1.54) is 33.3 Å². The van der Waals surface area contributed by atoms with Crippen LogP contribution >= 0.6 is 0 Å². The summed E-state index contributed by atoms with van der Waals surface area (Å²) in [5.41, 5.74) is 6.58. The Kier molecular flexibility index (Phi) is 3.87. The summed E-state index contributed by atoms with van der Waals surface area (Å²) in [4.78, 5) is 0. The zero-order valence-electron chi connectivity index (χ0n) is 14.2. The molecule has 1 aliphatic rings. The molecule has 2 heterocycles. The normalized spacial score (nSPS) is 16.8. The van der Waals surface area contributed by atoms with Crippen LogP contribution in [0.2, 0.25) is 0 Å². The van der Waals surface area contributed by atoms with Gasteiger partial charge >= 0.3 is 0 Å². The predicted molar refractivity (Wildman–Crippen MR) is 99.6 cm³/mol. The summed E-state index contributed by atoms with van der Waals surface area (Å²) in [7, 11) is 3.88. The van der Waals surface area contributed by atoms with Crippen molar-refractivity contribution >= 4 is 16.5 Å². The minimum absolute atomic E-state index is 0.889. The van der Waals surface area contributed by atoms with Crippen LogP contribution in [0.15, 0.2) is 54.6 Å². The molecule has 1 N–H and O–H groups in total. The predicted octanol–water partition coefficient (Wildman–Crippen LogP) is 3.76. The number of rotatable bonds is 2. The van der Waals surface area contributed by atoms with Gasteiger partial charge < -0.3 is 14.6 Å². The molecule has 1 aromatic heterocycles. The lowest BCUT2D eigenvalue weighted by atomic mass is 9.95. The van der Waals surface area contributed by atoms with E-state index in [1.54, 1.807) is 7.11 Å². The maximum atomic E-state index is 5.31. The second-order valence-electron chi connectivity index (χ2n) is 6.20. The first kappa shape index (κ1) is 15.0. The Morgan fingerprint density at radius 1 is 1.04 bits per heavy atom. The number of nitrogens with one attached hydrogen (secondary N) is 1. The molecule has 122 valence electrons. The molecule has 3 aromatic rings. The van der Waals surface area contributed by atoms with Crippen molar-refractivity contribution in [2.45, 2.75) is 6.42 Å². The van der Waals surface area contributed by atoms with E-state index < -0.39 is 0 Å². The highest BCUT2D eigenvalue weighted by atomic mass is 16.5. The first-order valence-electron chi connectivity index (χ1n) is 8.41. The molecule has 0 fully saturated rings. The van der Waals surface area contributed by atoms with Crippen molar-refractivity contribution in [1.82, 2.24) is 9.88 Å². The third kappa shape index (κ3) is 2.42. The van der Waals surface area contributed by atoms with Gasteiger partial charge in [-0.2, -0.15) is 0 Å². The zero-order chi connectivity index (χ0) is 16.5. The second kappa shape index (κ2) is 6.17. The van der Waals surface area contributed by atoms with Gasteiger partial charge in [-0.3, -0.25) is 0 Å². The largest absolute Gasteiger partial charge is 0.497 e. The van der Waals surface area contributed by atoms with Gasteiger partial charge in [0.15, 0.2) is 0 Å². The maximum Gasteiger partial charge on any atom is 0.118 e. The lowest BCUT2D eigenvalue weighted by molar-refractivity contribution is 0.415. The number of ether oxygens (including phenoxy) is 1. The molecule has 0 bridgehead atoms. The number of aryl methyl sites for hydroxylation is 1. The van der Waals surface area contributed by atoms with Crippen LogP contribution in [0, 0.1) is 0 Å². The highest BCUT2D eigenvalue weighted by Crippen LogP contribution is 2.34. The highest BCUT2D eigenvalue weighted by molar-refractivity contribution is 5.93. The molecule has 3 heteroatoms. The van der Waals surface area contributed by atoms with Crippen molar-refractivity contribution in [1.29, 1.82) is 0 Å². The fourth-order valence-electron chi connectivity index (χ4n) is 3.68. The first-order valence-corrected chi connectivity index (χ1v) is 8.41. The average molecular weight is 318 g/mol. The lowest BCUT2D eigenvalue weighted by Crippen LogP contribution is -2.20. The zero-order valence-corrected chi connectivity index (χ0v) is 14.2. The van der Waals surface area contributed by atoms with Crippen molar-refractivity contribution in [3.63, 3.8) is 0 Å². The number of nitrogens with zero attached hydrogens (tertiary/aromatic N) is 1. The molecule has 3 nitrogen and oxygen atoms in total. The number of aromatic nitrogens is 1. The van der Waals surface area contributed by atoms with Gasteiger partial charge in [0, 0.05) is 30.1 Å². The van der Waals surface area contributed by atoms with Gasteiger partial charge in [-0.15, -0.1) is 0 Å². The van der Waals surface area contributed by atoms with E-state index in [0.717, 1.165) is 25.3 Å². The number of benzene rings is 2. The van der Waals surface area contributed by atoms with E-state index in [4.69, 9.17) is 4.74 Å². The Labute approximate surface area is 142 Å². The van der Waals surface area contributed by atoms with Crippen LogP contribution in [-0.4, -0.2) is 24.8 Å². The van der Waals surface area contributed by atoms with E-state index in [9.17, 15) is 0 Å². The third-order valence-corrected chi connectivity index (χ3v) is 4.87. The van der Waals surface area contributed by atoms with Gasteiger partial charge in [-0.1, -0.05) is 36.4 Å². The van der Waals surface area contributed by atoms with Gasteiger partial charge in [-0.05, 0) is 42.3 Å². The summed E-state index contributed by atoms with van der Waals surface area (Å²) in [6, 6.07) is 17.0. The smallest absolute Gasteiger partial charge is 0.118 e. The standard InChI is InChI=1S/C21H22N2O/c1-23-20-6-4-3-5-18(20)19-12-14-22-13-11-17(21(19)23)15-7-9-16(24-2)10-8-15/h3-11,22H,12-14H2,1-2H3/b17-11-. The second-order valence-corrected chi connectivity index (χ2v) is 6.20. The molecule has 0 spiro atoms. The van der Waals surface area contributed by atoms with Gasteiger partial charge in [0.1, 0.15) is 5.75 Å². The Bertz CT molecular complexity index is 903. The highest BCUT2D eigenvalue weighted by Gasteiger charge is 2.20. The van der Waals surface area contributed by atoms with Crippen molar-refractivity contribution in [2.24, 2.45) is 7.05 Å². The van der Waals surface area contributed by atoms with Crippen molar-refractivity contribution in [3.8, 4) is 5.75 Å². The van der Waals surface area contributed by atoms with Gasteiger partial charge in [0.25, 0.3) is 0 Å². The summed E-state index contributed by atoms with van der Waals surface area (Å²) in [5, 5.41) is 4.87. The Morgan fingerprint density at radius 3 is 2.62 bits per heavy atom. The molecule has 0 saturated carbocycles. The molecule has 1 aliphatic heterocycles. The number of hydrogen-bond donors (Lipinski definition) is 1. The number of fused-ring (bicyclic) bond motifs is 3. The summed E-state index contributed by atoms with van der Waals surface area (Å²) in [6.45, 7) is 1.90. The van der Waals surface area contributed by atoms with Crippen molar-refractivity contribution < 1.29 is 4.74 Å². The van der Waals surface area contributed by atoms with E-state index in [0.29, 0.717) is 0 Å². The molecular formula is C21H22N2O. The summed E-state index contributed by atoms with van der Waals surface area (Å²) in [5.74, 6) is 0.889. The summed E-state index contributed by atoms with van der Waals surface area (Å²) in [6.07, 6.45) is 3.35. The van der Waals surface area contributed by atoms with Crippen LogP contribution in [0.25, 0.3) is 16.5 Å². The molecule has 0 aliphatic carbocycles. The Hall–Kier alpha value is -2.52. The van der Waals surface area contributed by atoms with Gasteiger partial charge in [0.05, 0.1) is 12.8 Å². The molecule has 0 saturated heterocycles. The van der Waals surface area contributed by atoms with Gasteiger partial charge in [-0.25, -0.2) is 0 Å². The summed E-state index contributed by atoms with van der Waals surface area (Å²) < 4.78 is 7.64. The average Bonchev–Trinajstić information content (AvgIpc) is 2.87. The molecule has 0 atom stereocenters. The van der Waals surface area contributed by atoms with Gasteiger partial charge in [0.2, 0.25) is 0 Å². The molecule has 0 amide bonds. The van der Waals surface area contributed by atoms with E-state index in [-0.39, 0.29) is 0 Å². The fraction of sp³-hybridized carbons (Fsp3) is 0.238. The fourth-order valence-corrected chi connectivity index (χ4v) is 3.68. The van der Waals surface area contributed by atoms with Crippen LogP contribution in [0.5, 0.6) is 5.75 Å². The first-order chi connectivity index (χ1) is 11.8. The van der Waals surface area contributed by atoms with Crippen LogP contribution in [0.1, 0.15) is 16.8 Å². The maximum absolute atomic E-state index is 5.31. The molecule has 0 unspecified atom stereocenters. The molecule has 4 rings (SSSR count). The van der Waals surface area contributed by atoms with Crippen LogP contribution in [-0.2, 0) is 13.5 Å². The Morgan fingerprint density at radius 2 is 1.83 bits per heavy atom. The summed E-state index contributed by atoms with van der Waals surface area (Å²) >= 11 is 0. The van der Waals surface area contributed by atoms with Crippen molar-refractivity contribution in [2.75, 3.05) is 20.2 Å². The monoisotopic (exact) mass is 318 g/mol. The third-order valence-electron chi connectivity index (χ3n) is 4.87. The quantitative estimate of drug-likeness (QED) is 0.778. The van der Waals surface area contributed by atoms with E-state index in [2.05, 4.69) is 59.4 Å². The Balaban J connectivity index is 1.94. The number of hydrogen-bond acceptors (Lipinski definition) is 2. The molecule has 24 heavy (non-hydrogen) atoms. The topological polar surface area (TPSA) is 26.2 Å². The molecule has 2 aromatic carbocycles. The minimum atomic E-state index is 0.889. The van der Waals surface area contributed by atoms with Crippen LogP contribution in [0.4, 0.5) is 0 Å². The molecular weight excluding hydrogens is 296 g/mol. The molecule has 0 radical (unpaired) electrons. The van der Waals surface area contributed by atoms with Crippen LogP contribution in [0.3, 0.4) is 0 Å². The van der Waals surface area contributed by atoms with Crippen molar-refractivity contribution in [3.05, 3.63) is 71.4 Å².